The highest BCUT2D eigenvalue weighted by Crippen LogP contribution is 2.18. The van der Waals surface area contributed by atoms with E-state index in [4.69, 9.17) is 4.74 Å². The summed E-state index contributed by atoms with van der Waals surface area (Å²) in [6.07, 6.45) is 2.77. The lowest BCUT2D eigenvalue weighted by Gasteiger charge is -2.09. The van der Waals surface area contributed by atoms with Crippen LogP contribution in [0.5, 0.6) is 0 Å². The van der Waals surface area contributed by atoms with Crippen LogP contribution in [0.4, 0.5) is 5.13 Å². The highest BCUT2D eigenvalue weighted by Gasteiger charge is 2.15. The quantitative estimate of drug-likeness (QED) is 0.808. The van der Waals surface area contributed by atoms with Crippen molar-refractivity contribution in [1.82, 2.24) is 4.98 Å². The number of ether oxygens (including phenoxy) is 2. The van der Waals surface area contributed by atoms with Gasteiger partial charge >= 0.3 is 5.97 Å². The predicted octanol–water partition coefficient (Wildman–Crippen LogP) is 1.45. The van der Waals surface area contributed by atoms with Crippen LogP contribution < -0.4 is 5.32 Å². The molecule has 0 spiro atoms. The summed E-state index contributed by atoms with van der Waals surface area (Å²) in [4.78, 5) is 15.4. The molecule has 17 heavy (non-hydrogen) atoms. The summed E-state index contributed by atoms with van der Waals surface area (Å²) in [5, 5.41) is 5.93. The van der Waals surface area contributed by atoms with Gasteiger partial charge in [0.15, 0.2) is 5.13 Å². The third-order valence-corrected chi connectivity index (χ3v) is 3.46. The van der Waals surface area contributed by atoms with E-state index >= 15 is 0 Å². The van der Waals surface area contributed by atoms with Gasteiger partial charge in [0.2, 0.25) is 0 Å². The number of carbonyl (C=O) groups is 1. The first kappa shape index (κ1) is 12.3. The van der Waals surface area contributed by atoms with Crippen LogP contribution in [-0.4, -0.2) is 37.3 Å². The molecule has 0 aliphatic carbocycles. The van der Waals surface area contributed by atoms with Crippen molar-refractivity contribution in [3.05, 3.63) is 11.1 Å². The van der Waals surface area contributed by atoms with Crippen LogP contribution in [0, 0.1) is 0 Å². The summed E-state index contributed by atoms with van der Waals surface area (Å²) in [6.45, 7) is 1.64. The molecular weight excluding hydrogens is 240 g/mol. The van der Waals surface area contributed by atoms with Crippen LogP contribution in [-0.2, 0) is 20.7 Å². The van der Waals surface area contributed by atoms with E-state index in [2.05, 4.69) is 15.0 Å². The SMILES string of the molecule is COC(=O)Cc1csc(NCC2CCCO2)n1. The first-order chi connectivity index (χ1) is 8.28. The minimum atomic E-state index is -0.263. The minimum absolute atomic E-state index is 0.231. The van der Waals surface area contributed by atoms with Gasteiger partial charge in [0, 0.05) is 18.5 Å². The third-order valence-electron chi connectivity index (χ3n) is 2.61. The normalized spacial score (nSPS) is 19.2. The average molecular weight is 256 g/mol. The molecule has 1 fully saturated rings. The maximum atomic E-state index is 11.1. The molecule has 2 heterocycles. The lowest BCUT2D eigenvalue weighted by atomic mass is 10.2. The molecule has 1 saturated heterocycles. The van der Waals surface area contributed by atoms with Crippen molar-refractivity contribution < 1.29 is 14.3 Å². The van der Waals surface area contributed by atoms with Gasteiger partial charge in [-0.15, -0.1) is 11.3 Å². The van der Waals surface area contributed by atoms with Gasteiger partial charge in [0.25, 0.3) is 0 Å². The van der Waals surface area contributed by atoms with E-state index in [9.17, 15) is 4.79 Å². The number of thiazole rings is 1. The van der Waals surface area contributed by atoms with Crippen LogP contribution in [0.1, 0.15) is 18.5 Å². The Morgan fingerprint density at radius 2 is 2.65 bits per heavy atom. The molecule has 1 aromatic heterocycles. The number of rotatable bonds is 5. The minimum Gasteiger partial charge on any atom is -0.469 e. The Hall–Kier alpha value is -1.14. The molecule has 1 unspecified atom stereocenters. The molecular formula is C11H16N2O3S. The maximum Gasteiger partial charge on any atom is 0.311 e. The topological polar surface area (TPSA) is 60.5 Å². The summed E-state index contributed by atoms with van der Waals surface area (Å²) in [7, 11) is 1.38. The van der Waals surface area contributed by atoms with E-state index in [0.717, 1.165) is 36.8 Å². The van der Waals surface area contributed by atoms with Gasteiger partial charge in [-0.2, -0.15) is 0 Å². The number of methoxy groups -OCH3 is 1. The molecule has 0 saturated carbocycles. The molecule has 0 radical (unpaired) electrons. The first-order valence-electron chi connectivity index (χ1n) is 5.64. The van der Waals surface area contributed by atoms with Crippen molar-refractivity contribution in [3.8, 4) is 0 Å². The lowest BCUT2D eigenvalue weighted by Crippen LogP contribution is -2.18. The summed E-state index contributed by atoms with van der Waals surface area (Å²) in [5.41, 5.74) is 0.747. The average Bonchev–Trinajstić information content (AvgIpc) is 2.97. The lowest BCUT2D eigenvalue weighted by molar-refractivity contribution is -0.139. The van der Waals surface area contributed by atoms with E-state index < -0.39 is 0 Å². The molecule has 6 heteroatoms. The second-order valence-corrected chi connectivity index (χ2v) is 4.77. The number of nitrogens with one attached hydrogen (secondary N) is 1. The fraction of sp³-hybridized carbons (Fsp3) is 0.636. The van der Waals surface area contributed by atoms with Gasteiger partial charge in [-0.05, 0) is 12.8 Å². The number of aromatic nitrogens is 1. The Morgan fingerprint density at radius 1 is 1.76 bits per heavy atom. The highest BCUT2D eigenvalue weighted by atomic mass is 32.1. The Bertz CT molecular complexity index is 375. The number of nitrogens with zero attached hydrogens (tertiary/aromatic N) is 1. The van der Waals surface area contributed by atoms with Crippen molar-refractivity contribution in [2.24, 2.45) is 0 Å². The molecule has 94 valence electrons. The van der Waals surface area contributed by atoms with Crippen LogP contribution >= 0.6 is 11.3 Å². The third kappa shape index (κ3) is 3.67. The predicted molar refractivity (Wildman–Crippen MR) is 65.3 cm³/mol. The van der Waals surface area contributed by atoms with Gasteiger partial charge in [-0.1, -0.05) is 0 Å². The first-order valence-corrected chi connectivity index (χ1v) is 6.52. The maximum absolute atomic E-state index is 11.1. The fourth-order valence-electron chi connectivity index (χ4n) is 1.70. The van der Waals surface area contributed by atoms with Crippen LogP contribution in [0.3, 0.4) is 0 Å². The molecule has 5 nitrogen and oxygen atoms in total. The monoisotopic (exact) mass is 256 g/mol. The molecule has 2 rings (SSSR count). The van der Waals surface area contributed by atoms with Crippen molar-refractivity contribution in [3.63, 3.8) is 0 Å². The molecule has 0 amide bonds. The summed E-state index contributed by atoms with van der Waals surface area (Å²) >= 11 is 1.50. The van der Waals surface area contributed by atoms with Crippen molar-refractivity contribution in [2.45, 2.75) is 25.4 Å². The fourth-order valence-corrected chi connectivity index (χ4v) is 2.42. The standard InChI is InChI=1S/C11H16N2O3S/c1-15-10(14)5-8-7-17-11(13-8)12-6-9-3-2-4-16-9/h7,9H,2-6H2,1H3,(H,12,13). The molecule has 0 aromatic carbocycles. The molecule has 1 atom stereocenters. The summed E-state index contributed by atoms with van der Waals surface area (Å²) < 4.78 is 10.1. The van der Waals surface area contributed by atoms with Gasteiger partial charge in [0.05, 0.1) is 25.3 Å². The van der Waals surface area contributed by atoms with Gasteiger partial charge < -0.3 is 14.8 Å². The van der Waals surface area contributed by atoms with Crippen molar-refractivity contribution >= 4 is 22.4 Å². The van der Waals surface area contributed by atoms with Crippen LogP contribution in [0.2, 0.25) is 0 Å². The number of hydrogen-bond donors (Lipinski definition) is 1. The smallest absolute Gasteiger partial charge is 0.311 e. The van der Waals surface area contributed by atoms with E-state index in [1.807, 2.05) is 5.38 Å². The molecule has 1 N–H and O–H groups in total. The zero-order valence-electron chi connectivity index (χ0n) is 9.77. The Balaban J connectivity index is 1.79. The summed E-state index contributed by atoms with van der Waals surface area (Å²) in [6, 6.07) is 0. The van der Waals surface area contributed by atoms with E-state index in [1.165, 1.54) is 18.4 Å². The van der Waals surface area contributed by atoms with Crippen molar-refractivity contribution in [2.75, 3.05) is 25.6 Å². The Morgan fingerprint density at radius 3 is 3.35 bits per heavy atom. The van der Waals surface area contributed by atoms with Crippen LogP contribution in [0.15, 0.2) is 5.38 Å². The van der Waals surface area contributed by atoms with E-state index in [-0.39, 0.29) is 12.4 Å². The number of hydrogen-bond acceptors (Lipinski definition) is 6. The number of anilines is 1. The summed E-state index contributed by atoms with van der Waals surface area (Å²) in [5.74, 6) is -0.263. The number of carbonyl (C=O) groups excluding carboxylic acids is 1. The van der Waals surface area contributed by atoms with Gasteiger partial charge in [-0.3, -0.25) is 4.79 Å². The van der Waals surface area contributed by atoms with Gasteiger partial charge in [-0.25, -0.2) is 4.98 Å². The van der Waals surface area contributed by atoms with Crippen LogP contribution in [0.25, 0.3) is 0 Å². The van der Waals surface area contributed by atoms with E-state index in [1.54, 1.807) is 0 Å². The molecule has 0 bridgehead atoms. The Labute approximate surface area is 104 Å². The van der Waals surface area contributed by atoms with Crippen molar-refractivity contribution in [1.29, 1.82) is 0 Å². The molecule has 1 aliphatic rings. The zero-order chi connectivity index (χ0) is 12.1. The van der Waals surface area contributed by atoms with Gasteiger partial charge in [0.1, 0.15) is 0 Å². The largest absolute Gasteiger partial charge is 0.469 e. The Kier molecular flexibility index (Phi) is 4.33. The molecule has 1 aliphatic heterocycles. The molecule has 1 aromatic rings. The highest BCUT2D eigenvalue weighted by molar-refractivity contribution is 7.13. The number of esters is 1. The zero-order valence-corrected chi connectivity index (χ0v) is 10.6. The second-order valence-electron chi connectivity index (χ2n) is 3.91. The van der Waals surface area contributed by atoms with E-state index in [0.29, 0.717) is 6.10 Å². The second kappa shape index (κ2) is 5.97.